The second kappa shape index (κ2) is 9.80. The summed E-state index contributed by atoms with van der Waals surface area (Å²) in [5.41, 5.74) is 8.10. The molecule has 4 aromatic rings. The molecule has 0 bridgehead atoms. The van der Waals surface area contributed by atoms with Crippen molar-refractivity contribution in [3.05, 3.63) is 109 Å². The standard InChI is InChI=1S/C28H26NO2P/c1-2-31-23-19-17-22(18-20-23)26-15-9-10-16-27(26)32(21-28(29)30,24-11-5-3-6-12-24)25-13-7-4-8-14-25/h3-20H,2,21H2,1H3,(H-,29,30)/p+1. The Balaban J connectivity index is 2.00. The SMILES string of the molecule is CCOc1ccc(-c2ccccc2[P+](CC(N)=O)(c2ccccc2)c2ccccc2)cc1. The van der Waals surface area contributed by atoms with Crippen LogP contribution >= 0.6 is 7.26 Å². The zero-order chi connectivity index (χ0) is 22.4. The van der Waals surface area contributed by atoms with Gasteiger partial charge < -0.3 is 10.5 Å². The highest BCUT2D eigenvalue weighted by Gasteiger charge is 2.48. The number of hydrogen-bond donors (Lipinski definition) is 1. The minimum Gasteiger partial charge on any atom is -0.494 e. The summed E-state index contributed by atoms with van der Waals surface area (Å²) in [6, 6.07) is 37.2. The number of primary amides is 1. The number of amides is 1. The van der Waals surface area contributed by atoms with E-state index in [0.29, 0.717) is 6.61 Å². The molecule has 0 saturated carbocycles. The molecule has 0 spiro atoms. The van der Waals surface area contributed by atoms with E-state index in [0.717, 1.165) is 32.8 Å². The molecule has 2 N–H and O–H groups in total. The van der Waals surface area contributed by atoms with Crippen LogP contribution in [0.2, 0.25) is 0 Å². The maximum atomic E-state index is 12.5. The molecule has 0 aliphatic rings. The van der Waals surface area contributed by atoms with Gasteiger partial charge in [0.05, 0.1) is 6.61 Å². The smallest absolute Gasteiger partial charge is 0.256 e. The van der Waals surface area contributed by atoms with Gasteiger partial charge in [-0.2, -0.15) is 0 Å². The number of benzene rings is 4. The van der Waals surface area contributed by atoms with Crippen molar-refractivity contribution in [2.45, 2.75) is 6.92 Å². The van der Waals surface area contributed by atoms with Gasteiger partial charge in [0, 0.05) is 5.56 Å². The highest BCUT2D eigenvalue weighted by molar-refractivity contribution is 7.96. The first-order valence-electron chi connectivity index (χ1n) is 10.8. The Hall–Kier alpha value is -3.42. The lowest BCUT2D eigenvalue weighted by Gasteiger charge is -2.28. The van der Waals surface area contributed by atoms with E-state index in [1.165, 1.54) is 0 Å². The minimum absolute atomic E-state index is 0.273. The molecule has 0 atom stereocenters. The van der Waals surface area contributed by atoms with Crippen LogP contribution in [0.25, 0.3) is 11.1 Å². The number of ether oxygens (including phenoxy) is 1. The van der Waals surface area contributed by atoms with Crippen molar-refractivity contribution >= 4 is 29.1 Å². The predicted octanol–water partition coefficient (Wildman–Crippen LogP) is 4.53. The molecule has 4 heteroatoms. The molecule has 0 aliphatic heterocycles. The Bertz CT molecular complexity index is 1140. The van der Waals surface area contributed by atoms with Crippen LogP contribution in [0.4, 0.5) is 0 Å². The Morgan fingerprint density at radius 1 is 0.750 bits per heavy atom. The van der Waals surface area contributed by atoms with Crippen LogP contribution < -0.4 is 26.4 Å². The fourth-order valence-corrected chi connectivity index (χ4v) is 8.42. The molecule has 4 aromatic carbocycles. The zero-order valence-corrected chi connectivity index (χ0v) is 19.0. The first-order chi connectivity index (χ1) is 15.6. The quantitative estimate of drug-likeness (QED) is 0.409. The topological polar surface area (TPSA) is 52.3 Å². The molecule has 4 rings (SSSR count). The van der Waals surface area contributed by atoms with Crippen LogP contribution in [-0.4, -0.2) is 18.7 Å². The molecular formula is C28H27NO2P+. The molecule has 0 saturated heterocycles. The molecule has 0 aliphatic carbocycles. The second-order valence-electron chi connectivity index (χ2n) is 7.58. The van der Waals surface area contributed by atoms with E-state index in [-0.39, 0.29) is 12.1 Å². The van der Waals surface area contributed by atoms with E-state index in [1.807, 2.05) is 61.5 Å². The molecular weight excluding hydrogens is 413 g/mol. The normalized spacial score (nSPS) is 11.2. The first kappa shape index (κ1) is 21.8. The van der Waals surface area contributed by atoms with Gasteiger partial charge in [-0.05, 0) is 55.0 Å². The summed E-state index contributed by atoms with van der Waals surface area (Å²) < 4.78 is 5.63. The summed E-state index contributed by atoms with van der Waals surface area (Å²) in [7, 11) is -2.34. The minimum atomic E-state index is -2.34. The second-order valence-corrected chi connectivity index (χ2v) is 11.0. The molecule has 0 radical (unpaired) electrons. The van der Waals surface area contributed by atoms with Crippen LogP contribution in [0.3, 0.4) is 0 Å². The van der Waals surface area contributed by atoms with Crippen LogP contribution in [0.1, 0.15) is 6.92 Å². The highest BCUT2D eigenvalue weighted by atomic mass is 31.2. The van der Waals surface area contributed by atoms with Gasteiger partial charge in [-0.3, -0.25) is 4.79 Å². The molecule has 32 heavy (non-hydrogen) atoms. The Morgan fingerprint density at radius 2 is 1.28 bits per heavy atom. The zero-order valence-electron chi connectivity index (χ0n) is 18.1. The van der Waals surface area contributed by atoms with Crippen molar-refractivity contribution in [2.24, 2.45) is 5.73 Å². The Kier molecular flexibility index (Phi) is 6.68. The van der Waals surface area contributed by atoms with Crippen LogP contribution in [-0.2, 0) is 4.79 Å². The summed E-state index contributed by atoms with van der Waals surface area (Å²) >= 11 is 0. The van der Waals surface area contributed by atoms with Crippen molar-refractivity contribution < 1.29 is 9.53 Å². The third-order valence-electron chi connectivity index (χ3n) is 5.58. The molecule has 160 valence electrons. The summed E-state index contributed by atoms with van der Waals surface area (Å²) in [4.78, 5) is 12.5. The van der Waals surface area contributed by atoms with Gasteiger partial charge in [0.2, 0.25) is 0 Å². The van der Waals surface area contributed by atoms with Crippen molar-refractivity contribution in [3.8, 4) is 16.9 Å². The van der Waals surface area contributed by atoms with Gasteiger partial charge in [0.25, 0.3) is 5.91 Å². The van der Waals surface area contributed by atoms with Crippen LogP contribution in [0.5, 0.6) is 5.75 Å². The van der Waals surface area contributed by atoms with Gasteiger partial charge in [-0.25, -0.2) is 0 Å². The number of hydrogen-bond acceptors (Lipinski definition) is 2. The third kappa shape index (κ3) is 4.30. The number of carbonyl (C=O) groups excluding carboxylic acids is 1. The van der Waals surface area contributed by atoms with E-state index < -0.39 is 7.26 Å². The Labute approximate surface area is 190 Å². The van der Waals surface area contributed by atoms with E-state index in [1.54, 1.807) is 0 Å². The molecule has 0 aromatic heterocycles. The fourth-order valence-electron chi connectivity index (χ4n) is 4.24. The molecule has 1 amide bonds. The highest BCUT2D eigenvalue weighted by Crippen LogP contribution is 2.56. The lowest BCUT2D eigenvalue weighted by Crippen LogP contribution is -2.38. The van der Waals surface area contributed by atoms with Crippen LogP contribution in [0.15, 0.2) is 109 Å². The number of carbonyl (C=O) groups is 1. The number of rotatable bonds is 8. The van der Waals surface area contributed by atoms with Crippen molar-refractivity contribution in [1.29, 1.82) is 0 Å². The lowest BCUT2D eigenvalue weighted by atomic mass is 10.1. The maximum Gasteiger partial charge on any atom is 0.256 e. The fraction of sp³-hybridized carbons (Fsp3) is 0.107. The summed E-state index contributed by atoms with van der Waals surface area (Å²) in [5.74, 6) is 0.547. The number of nitrogens with two attached hydrogens (primary N) is 1. The van der Waals surface area contributed by atoms with Gasteiger partial charge in [-0.15, -0.1) is 0 Å². The third-order valence-corrected chi connectivity index (χ3v) is 9.94. The van der Waals surface area contributed by atoms with E-state index >= 15 is 0 Å². The Morgan fingerprint density at radius 3 is 1.81 bits per heavy atom. The first-order valence-corrected chi connectivity index (χ1v) is 12.7. The van der Waals surface area contributed by atoms with Gasteiger partial charge in [0.15, 0.2) is 6.16 Å². The molecule has 3 nitrogen and oxygen atoms in total. The summed E-state index contributed by atoms with van der Waals surface area (Å²) in [6.45, 7) is 2.61. The maximum absolute atomic E-state index is 12.5. The van der Waals surface area contributed by atoms with E-state index in [9.17, 15) is 4.79 Å². The predicted molar refractivity (Wildman–Crippen MR) is 136 cm³/mol. The lowest BCUT2D eigenvalue weighted by molar-refractivity contribution is -0.115. The molecule has 0 fully saturated rings. The monoisotopic (exact) mass is 440 g/mol. The van der Waals surface area contributed by atoms with Gasteiger partial charge in [-0.1, -0.05) is 66.7 Å². The molecule has 0 heterocycles. The van der Waals surface area contributed by atoms with E-state index in [4.69, 9.17) is 10.5 Å². The van der Waals surface area contributed by atoms with Crippen LogP contribution in [0, 0.1) is 0 Å². The van der Waals surface area contributed by atoms with Crippen molar-refractivity contribution in [3.63, 3.8) is 0 Å². The largest absolute Gasteiger partial charge is 0.494 e. The van der Waals surface area contributed by atoms with E-state index in [2.05, 4.69) is 54.6 Å². The van der Waals surface area contributed by atoms with Crippen molar-refractivity contribution in [2.75, 3.05) is 12.8 Å². The van der Waals surface area contributed by atoms with Gasteiger partial charge in [0.1, 0.15) is 28.9 Å². The average molecular weight is 441 g/mol. The van der Waals surface area contributed by atoms with Crippen molar-refractivity contribution in [1.82, 2.24) is 0 Å². The molecule has 0 unspecified atom stereocenters. The average Bonchev–Trinajstić information content (AvgIpc) is 2.84. The summed E-state index contributed by atoms with van der Waals surface area (Å²) in [6.07, 6.45) is 0.273. The summed E-state index contributed by atoms with van der Waals surface area (Å²) in [5, 5.41) is 3.44. The van der Waals surface area contributed by atoms with Gasteiger partial charge >= 0.3 is 0 Å².